The van der Waals surface area contributed by atoms with Crippen LogP contribution in [0.2, 0.25) is 0 Å². The van der Waals surface area contributed by atoms with Crippen LogP contribution >= 0.6 is 12.4 Å². The van der Waals surface area contributed by atoms with Gasteiger partial charge in [-0.25, -0.2) is 8.42 Å². The number of methoxy groups -OCH3 is 1. The van der Waals surface area contributed by atoms with Crippen molar-refractivity contribution in [1.82, 2.24) is 5.32 Å². The van der Waals surface area contributed by atoms with Gasteiger partial charge in [0.2, 0.25) is 0 Å². The molecule has 0 saturated heterocycles. The van der Waals surface area contributed by atoms with Gasteiger partial charge in [-0.05, 0) is 62.7 Å². The van der Waals surface area contributed by atoms with Crippen molar-refractivity contribution >= 4 is 34.0 Å². The fourth-order valence-corrected chi connectivity index (χ4v) is 3.64. The van der Waals surface area contributed by atoms with Crippen molar-refractivity contribution < 1.29 is 17.9 Å². The predicted molar refractivity (Wildman–Crippen MR) is 113 cm³/mol. The molecule has 0 aromatic heterocycles. The summed E-state index contributed by atoms with van der Waals surface area (Å²) in [4.78, 5) is 12.4. The summed E-state index contributed by atoms with van der Waals surface area (Å²) in [6, 6.07) is 11.1. The third kappa shape index (κ3) is 6.40. The number of hydrogen-bond donors (Lipinski definition) is 3. The van der Waals surface area contributed by atoms with Gasteiger partial charge in [0.1, 0.15) is 5.75 Å². The van der Waals surface area contributed by atoms with Crippen molar-refractivity contribution in [3.8, 4) is 5.75 Å². The minimum atomic E-state index is -3.86. The summed E-state index contributed by atoms with van der Waals surface area (Å²) in [6.07, 6.45) is 0. The fraction of sp³-hybridized carbons (Fsp3) is 0.316. The Hall–Kier alpha value is -2.29. The molecule has 0 bridgehead atoms. The van der Waals surface area contributed by atoms with Crippen LogP contribution in [-0.4, -0.2) is 33.5 Å². The minimum absolute atomic E-state index is 0. The number of nitrogens with two attached hydrogens (primary N) is 1. The SMILES string of the molecule is COc1ccc(NS(=O)(=O)c2cc(C(=O)NCC(C)(C)N)ccc2C)cc1.Cl. The summed E-state index contributed by atoms with van der Waals surface area (Å²) in [5.74, 6) is 0.241. The molecule has 28 heavy (non-hydrogen) atoms. The maximum atomic E-state index is 12.8. The number of ether oxygens (including phenoxy) is 1. The number of rotatable bonds is 7. The highest BCUT2D eigenvalue weighted by molar-refractivity contribution is 7.92. The van der Waals surface area contributed by atoms with E-state index in [2.05, 4.69) is 10.0 Å². The second-order valence-electron chi connectivity index (χ2n) is 6.99. The van der Waals surface area contributed by atoms with Gasteiger partial charge in [0.25, 0.3) is 15.9 Å². The predicted octanol–water partition coefficient (Wildman–Crippen LogP) is 2.69. The van der Waals surface area contributed by atoms with Gasteiger partial charge in [0, 0.05) is 23.3 Å². The number of aryl methyl sites for hydroxylation is 1. The van der Waals surface area contributed by atoms with Gasteiger partial charge in [-0.3, -0.25) is 9.52 Å². The highest BCUT2D eigenvalue weighted by atomic mass is 35.5. The topological polar surface area (TPSA) is 111 Å². The Morgan fingerprint density at radius 3 is 2.29 bits per heavy atom. The van der Waals surface area contributed by atoms with E-state index in [1.807, 2.05) is 0 Å². The first-order chi connectivity index (χ1) is 12.5. The zero-order chi connectivity index (χ0) is 20.2. The first-order valence-electron chi connectivity index (χ1n) is 8.36. The van der Waals surface area contributed by atoms with Crippen LogP contribution in [0.5, 0.6) is 5.75 Å². The maximum absolute atomic E-state index is 12.8. The summed E-state index contributed by atoms with van der Waals surface area (Å²) in [7, 11) is -2.33. The molecule has 0 saturated carbocycles. The number of anilines is 1. The molecule has 0 unspecified atom stereocenters. The highest BCUT2D eigenvalue weighted by Crippen LogP contribution is 2.22. The molecule has 2 aromatic rings. The van der Waals surface area contributed by atoms with Crippen molar-refractivity contribution in [3.63, 3.8) is 0 Å². The van der Waals surface area contributed by atoms with Crippen LogP contribution in [0.15, 0.2) is 47.4 Å². The average Bonchev–Trinajstić information content (AvgIpc) is 2.59. The van der Waals surface area contributed by atoms with Gasteiger partial charge < -0.3 is 15.8 Å². The molecule has 0 radical (unpaired) electrons. The molecule has 0 aliphatic heterocycles. The minimum Gasteiger partial charge on any atom is -0.497 e. The molecule has 154 valence electrons. The molecule has 2 rings (SSSR count). The lowest BCUT2D eigenvalue weighted by atomic mass is 10.1. The van der Waals surface area contributed by atoms with Gasteiger partial charge in [0.05, 0.1) is 12.0 Å². The number of carbonyl (C=O) groups is 1. The van der Waals surface area contributed by atoms with Crippen molar-refractivity contribution in [2.45, 2.75) is 31.2 Å². The molecule has 4 N–H and O–H groups in total. The molecule has 0 aliphatic rings. The Balaban J connectivity index is 0.00000392. The summed E-state index contributed by atoms with van der Waals surface area (Å²) >= 11 is 0. The van der Waals surface area contributed by atoms with Crippen molar-refractivity contribution in [2.75, 3.05) is 18.4 Å². The Bertz CT molecular complexity index is 923. The lowest BCUT2D eigenvalue weighted by molar-refractivity contribution is 0.0946. The monoisotopic (exact) mass is 427 g/mol. The van der Waals surface area contributed by atoms with Gasteiger partial charge in [-0.2, -0.15) is 0 Å². The van der Waals surface area contributed by atoms with Crippen LogP contribution in [-0.2, 0) is 10.0 Å². The van der Waals surface area contributed by atoms with E-state index in [4.69, 9.17) is 10.5 Å². The molecule has 9 heteroatoms. The fourth-order valence-electron chi connectivity index (χ4n) is 2.31. The average molecular weight is 428 g/mol. The normalized spacial score (nSPS) is 11.3. The number of sulfonamides is 1. The molecule has 0 atom stereocenters. The standard InChI is InChI=1S/C19H25N3O4S.ClH/c1-13-5-6-14(18(23)21-12-19(2,3)20)11-17(13)27(24,25)22-15-7-9-16(26-4)10-8-15;/h5-11,22H,12,20H2,1-4H3,(H,21,23);1H. The van der Waals surface area contributed by atoms with E-state index in [0.717, 1.165) is 0 Å². The van der Waals surface area contributed by atoms with Crippen LogP contribution in [0.4, 0.5) is 5.69 Å². The Morgan fingerprint density at radius 1 is 1.14 bits per heavy atom. The van der Waals surface area contributed by atoms with Crippen LogP contribution in [0.25, 0.3) is 0 Å². The zero-order valence-corrected chi connectivity index (χ0v) is 17.9. The number of amides is 1. The Kier molecular flexibility index (Phi) is 7.86. The van der Waals surface area contributed by atoms with Gasteiger partial charge >= 0.3 is 0 Å². The second kappa shape index (κ2) is 9.27. The Labute approximate surface area is 172 Å². The van der Waals surface area contributed by atoms with E-state index in [-0.39, 0.29) is 35.3 Å². The van der Waals surface area contributed by atoms with Crippen molar-refractivity contribution in [2.24, 2.45) is 5.73 Å². The summed E-state index contributed by atoms with van der Waals surface area (Å²) in [5.41, 5.74) is 6.48. The van der Waals surface area contributed by atoms with E-state index in [1.165, 1.54) is 13.2 Å². The van der Waals surface area contributed by atoms with Crippen LogP contribution < -0.4 is 20.5 Å². The molecule has 2 aromatic carbocycles. The van der Waals surface area contributed by atoms with E-state index < -0.39 is 15.6 Å². The third-order valence-electron chi connectivity index (χ3n) is 3.79. The number of nitrogens with one attached hydrogen (secondary N) is 2. The lowest BCUT2D eigenvalue weighted by Gasteiger charge is -2.19. The summed E-state index contributed by atoms with van der Waals surface area (Å²) in [6.45, 7) is 5.52. The second-order valence-corrected chi connectivity index (χ2v) is 8.64. The molecule has 7 nitrogen and oxygen atoms in total. The third-order valence-corrected chi connectivity index (χ3v) is 5.31. The van der Waals surface area contributed by atoms with Crippen LogP contribution in [0.3, 0.4) is 0 Å². The van der Waals surface area contributed by atoms with E-state index in [0.29, 0.717) is 17.0 Å². The maximum Gasteiger partial charge on any atom is 0.262 e. The first kappa shape index (κ1) is 23.7. The summed E-state index contributed by atoms with van der Waals surface area (Å²) < 4.78 is 33.1. The number of carbonyl (C=O) groups excluding carboxylic acids is 1. The molecular formula is C19H26ClN3O4S. The van der Waals surface area contributed by atoms with E-state index in [9.17, 15) is 13.2 Å². The van der Waals surface area contributed by atoms with Crippen molar-refractivity contribution in [3.05, 3.63) is 53.6 Å². The van der Waals surface area contributed by atoms with E-state index >= 15 is 0 Å². The van der Waals surface area contributed by atoms with Gasteiger partial charge in [0.15, 0.2) is 0 Å². The molecule has 1 amide bonds. The van der Waals surface area contributed by atoms with Crippen molar-refractivity contribution in [1.29, 1.82) is 0 Å². The van der Waals surface area contributed by atoms with Crippen LogP contribution in [0, 0.1) is 6.92 Å². The first-order valence-corrected chi connectivity index (χ1v) is 9.85. The largest absolute Gasteiger partial charge is 0.497 e. The Morgan fingerprint density at radius 2 is 1.75 bits per heavy atom. The zero-order valence-electron chi connectivity index (χ0n) is 16.3. The highest BCUT2D eigenvalue weighted by Gasteiger charge is 2.20. The number of halogens is 1. The molecule has 0 aliphatic carbocycles. The van der Waals surface area contributed by atoms with Crippen LogP contribution in [0.1, 0.15) is 29.8 Å². The quantitative estimate of drug-likeness (QED) is 0.629. The molecule has 0 spiro atoms. The summed E-state index contributed by atoms with van der Waals surface area (Å²) in [5, 5.41) is 2.71. The smallest absolute Gasteiger partial charge is 0.262 e. The molecule has 0 heterocycles. The molecule has 0 fully saturated rings. The lowest BCUT2D eigenvalue weighted by Crippen LogP contribution is -2.45. The van der Waals surface area contributed by atoms with Gasteiger partial charge in [-0.15, -0.1) is 12.4 Å². The number of benzene rings is 2. The van der Waals surface area contributed by atoms with Gasteiger partial charge in [-0.1, -0.05) is 6.07 Å². The number of hydrogen-bond acceptors (Lipinski definition) is 5. The van der Waals surface area contributed by atoms with E-state index in [1.54, 1.807) is 57.2 Å². The molecular weight excluding hydrogens is 402 g/mol.